The number of hydrogen-bond acceptors (Lipinski definition) is 3. The van der Waals surface area contributed by atoms with Crippen molar-refractivity contribution in [1.29, 1.82) is 0 Å². The molecule has 0 bridgehead atoms. The first kappa shape index (κ1) is 12.8. The van der Waals surface area contributed by atoms with Gasteiger partial charge in [0.1, 0.15) is 0 Å². The molecule has 1 heterocycles. The molecule has 98 valence electrons. The van der Waals surface area contributed by atoms with Crippen LogP contribution in [0.3, 0.4) is 0 Å². The predicted octanol–water partition coefficient (Wildman–Crippen LogP) is 1.40. The monoisotopic (exact) mass is 249 g/mol. The Bertz CT molecular complexity index is 379. The maximum Gasteiger partial charge on any atom is 0.318 e. The summed E-state index contributed by atoms with van der Waals surface area (Å²) in [6, 6.07) is 4.25. The minimum Gasteiger partial charge on any atom is -0.383 e. The van der Waals surface area contributed by atoms with Crippen molar-refractivity contribution >= 4 is 6.03 Å². The molecule has 1 aromatic heterocycles. The Morgan fingerprint density at radius 1 is 1.61 bits per heavy atom. The first-order valence-electron chi connectivity index (χ1n) is 6.23. The zero-order valence-electron chi connectivity index (χ0n) is 10.6. The largest absolute Gasteiger partial charge is 0.383 e. The molecule has 1 aliphatic rings. The van der Waals surface area contributed by atoms with Crippen LogP contribution >= 0.6 is 0 Å². The summed E-state index contributed by atoms with van der Waals surface area (Å²) in [5.41, 5.74) is 1.06. The molecule has 5 nitrogen and oxygen atoms in total. The highest BCUT2D eigenvalue weighted by molar-refractivity contribution is 5.74. The number of nitrogens with zero attached hydrogens (tertiary/aromatic N) is 2. The van der Waals surface area contributed by atoms with Crippen molar-refractivity contribution in [2.75, 3.05) is 20.3 Å². The maximum atomic E-state index is 12.0. The van der Waals surface area contributed by atoms with Crippen molar-refractivity contribution < 1.29 is 9.53 Å². The van der Waals surface area contributed by atoms with Gasteiger partial charge in [-0.2, -0.15) is 0 Å². The summed E-state index contributed by atoms with van der Waals surface area (Å²) in [4.78, 5) is 18.0. The van der Waals surface area contributed by atoms with E-state index in [1.165, 1.54) is 0 Å². The molecule has 2 rings (SSSR count). The van der Waals surface area contributed by atoms with Crippen LogP contribution in [0.1, 0.15) is 18.4 Å². The number of amides is 2. The van der Waals surface area contributed by atoms with Crippen LogP contribution in [-0.4, -0.2) is 42.2 Å². The normalized spacial score (nSPS) is 14.3. The van der Waals surface area contributed by atoms with Gasteiger partial charge in [0.05, 0.1) is 6.61 Å². The van der Waals surface area contributed by atoms with Gasteiger partial charge in [0, 0.05) is 38.6 Å². The van der Waals surface area contributed by atoms with Crippen molar-refractivity contribution in [3.05, 3.63) is 30.1 Å². The molecule has 0 spiro atoms. The van der Waals surface area contributed by atoms with Gasteiger partial charge in [-0.25, -0.2) is 4.79 Å². The van der Waals surface area contributed by atoms with Gasteiger partial charge in [-0.3, -0.25) is 4.98 Å². The molecule has 5 heteroatoms. The maximum absolute atomic E-state index is 12.0. The SMILES string of the molecule is COCCNC(=O)N(Cc1cccnc1)C1CC1. The van der Waals surface area contributed by atoms with E-state index >= 15 is 0 Å². The molecule has 1 aromatic rings. The molecule has 18 heavy (non-hydrogen) atoms. The molecule has 1 N–H and O–H groups in total. The Labute approximate surface area is 107 Å². The number of rotatable bonds is 6. The molecular formula is C13H19N3O2. The van der Waals surface area contributed by atoms with E-state index in [9.17, 15) is 4.79 Å². The Morgan fingerprint density at radius 2 is 2.44 bits per heavy atom. The topological polar surface area (TPSA) is 54.5 Å². The number of hydrogen-bond donors (Lipinski definition) is 1. The van der Waals surface area contributed by atoms with E-state index in [1.54, 1.807) is 19.5 Å². The van der Waals surface area contributed by atoms with Gasteiger partial charge in [0.15, 0.2) is 0 Å². The second kappa shape index (κ2) is 6.35. The van der Waals surface area contributed by atoms with Gasteiger partial charge >= 0.3 is 6.03 Å². The van der Waals surface area contributed by atoms with Crippen molar-refractivity contribution in [3.63, 3.8) is 0 Å². The fraction of sp³-hybridized carbons (Fsp3) is 0.538. The molecule has 0 radical (unpaired) electrons. The minimum atomic E-state index is -0.0154. The number of pyridine rings is 1. The Kier molecular flexibility index (Phi) is 4.52. The number of carbonyl (C=O) groups is 1. The smallest absolute Gasteiger partial charge is 0.318 e. The summed E-state index contributed by atoms with van der Waals surface area (Å²) in [6.07, 6.45) is 5.73. The van der Waals surface area contributed by atoms with Crippen LogP contribution in [0.2, 0.25) is 0 Å². The number of aromatic nitrogens is 1. The molecule has 0 atom stereocenters. The highest BCUT2D eigenvalue weighted by Gasteiger charge is 2.32. The van der Waals surface area contributed by atoms with E-state index in [4.69, 9.17) is 4.74 Å². The fourth-order valence-electron chi connectivity index (χ4n) is 1.80. The van der Waals surface area contributed by atoms with Crippen LogP contribution in [0.4, 0.5) is 4.79 Å². The minimum absolute atomic E-state index is 0.0154. The van der Waals surface area contributed by atoms with Crippen LogP contribution in [0.15, 0.2) is 24.5 Å². The van der Waals surface area contributed by atoms with Crippen LogP contribution in [-0.2, 0) is 11.3 Å². The lowest BCUT2D eigenvalue weighted by Gasteiger charge is -2.22. The van der Waals surface area contributed by atoms with E-state index in [0.717, 1.165) is 18.4 Å². The zero-order chi connectivity index (χ0) is 12.8. The lowest BCUT2D eigenvalue weighted by molar-refractivity contribution is 0.176. The summed E-state index contributed by atoms with van der Waals surface area (Å²) in [6.45, 7) is 1.71. The quantitative estimate of drug-likeness (QED) is 0.775. The van der Waals surface area contributed by atoms with Crippen LogP contribution in [0.25, 0.3) is 0 Å². The molecular weight excluding hydrogens is 230 g/mol. The molecule has 2 amide bonds. The molecule has 0 saturated heterocycles. The fourth-order valence-corrected chi connectivity index (χ4v) is 1.80. The van der Waals surface area contributed by atoms with Crippen molar-refractivity contribution in [3.8, 4) is 0 Å². The Hall–Kier alpha value is -1.62. The standard InChI is InChI=1S/C13H19N3O2/c1-18-8-7-15-13(17)16(12-4-5-12)10-11-3-2-6-14-9-11/h2-3,6,9,12H,4-5,7-8,10H2,1H3,(H,15,17). The number of methoxy groups -OCH3 is 1. The molecule has 1 fully saturated rings. The summed E-state index contributed by atoms with van der Waals surface area (Å²) in [5.74, 6) is 0. The molecule has 1 aliphatic carbocycles. The van der Waals surface area contributed by atoms with Gasteiger partial charge in [-0.15, -0.1) is 0 Å². The third kappa shape index (κ3) is 3.70. The summed E-state index contributed by atoms with van der Waals surface area (Å²) >= 11 is 0. The Morgan fingerprint density at radius 3 is 3.06 bits per heavy atom. The summed E-state index contributed by atoms with van der Waals surface area (Å²) < 4.78 is 4.92. The summed E-state index contributed by atoms with van der Waals surface area (Å²) in [5, 5.41) is 2.87. The average Bonchev–Trinajstić information content (AvgIpc) is 3.21. The van der Waals surface area contributed by atoms with Crippen LogP contribution in [0.5, 0.6) is 0 Å². The highest BCUT2D eigenvalue weighted by Crippen LogP contribution is 2.28. The first-order valence-corrected chi connectivity index (χ1v) is 6.23. The van der Waals surface area contributed by atoms with E-state index in [2.05, 4.69) is 10.3 Å². The molecule has 0 unspecified atom stereocenters. The van der Waals surface area contributed by atoms with Gasteiger partial charge in [0.25, 0.3) is 0 Å². The van der Waals surface area contributed by atoms with Gasteiger partial charge in [-0.05, 0) is 24.5 Å². The van der Waals surface area contributed by atoms with Crippen molar-refractivity contribution in [1.82, 2.24) is 15.2 Å². The van der Waals surface area contributed by atoms with E-state index in [1.807, 2.05) is 17.0 Å². The first-order chi connectivity index (χ1) is 8.81. The Balaban J connectivity index is 1.89. The number of carbonyl (C=O) groups excluding carboxylic acids is 1. The van der Waals surface area contributed by atoms with Crippen LogP contribution < -0.4 is 5.32 Å². The lowest BCUT2D eigenvalue weighted by Crippen LogP contribution is -2.42. The van der Waals surface area contributed by atoms with Crippen molar-refractivity contribution in [2.45, 2.75) is 25.4 Å². The van der Waals surface area contributed by atoms with Gasteiger partial charge in [-0.1, -0.05) is 6.07 Å². The number of ether oxygens (including phenoxy) is 1. The van der Waals surface area contributed by atoms with Gasteiger partial charge in [0.2, 0.25) is 0 Å². The highest BCUT2D eigenvalue weighted by atomic mass is 16.5. The van der Waals surface area contributed by atoms with Gasteiger partial charge < -0.3 is 15.0 Å². The third-order valence-electron chi connectivity index (χ3n) is 2.91. The van der Waals surface area contributed by atoms with E-state index in [0.29, 0.717) is 25.7 Å². The number of nitrogens with one attached hydrogen (secondary N) is 1. The third-order valence-corrected chi connectivity index (χ3v) is 2.91. The molecule has 0 aliphatic heterocycles. The van der Waals surface area contributed by atoms with Crippen molar-refractivity contribution in [2.24, 2.45) is 0 Å². The zero-order valence-corrected chi connectivity index (χ0v) is 10.6. The lowest BCUT2D eigenvalue weighted by atomic mass is 10.2. The molecule has 0 aromatic carbocycles. The second-order valence-electron chi connectivity index (χ2n) is 4.45. The summed E-state index contributed by atoms with van der Waals surface area (Å²) in [7, 11) is 1.63. The second-order valence-corrected chi connectivity index (χ2v) is 4.45. The van der Waals surface area contributed by atoms with E-state index in [-0.39, 0.29) is 6.03 Å². The average molecular weight is 249 g/mol. The molecule has 1 saturated carbocycles. The predicted molar refractivity (Wildman–Crippen MR) is 68.1 cm³/mol. The van der Waals surface area contributed by atoms with Crippen LogP contribution in [0, 0.1) is 0 Å². The number of urea groups is 1. The van der Waals surface area contributed by atoms with E-state index < -0.39 is 0 Å².